The van der Waals surface area contributed by atoms with Crippen LogP contribution in [0.15, 0.2) is 78.9 Å². The second-order valence-corrected chi connectivity index (χ2v) is 6.95. The normalized spacial score (nSPS) is 9.61. The quantitative estimate of drug-likeness (QED) is 0.144. The molecule has 0 saturated heterocycles. The molecule has 0 amide bonds. The van der Waals surface area contributed by atoms with E-state index in [-0.39, 0.29) is 23.7 Å². The first-order valence-electron chi connectivity index (χ1n) is 11.0. The number of unbranched alkanes of at least 4 members (excludes halogenated alkanes) is 1. The summed E-state index contributed by atoms with van der Waals surface area (Å²) >= 11 is 0. The zero-order valence-corrected chi connectivity index (χ0v) is 21.4. The van der Waals surface area contributed by atoms with Crippen molar-refractivity contribution in [1.29, 1.82) is 0 Å². The first-order chi connectivity index (χ1) is 17.0. The van der Waals surface area contributed by atoms with Crippen LogP contribution in [0.25, 0.3) is 0 Å². The molecule has 1 N–H and O–H groups in total. The number of carboxylic acids is 1. The number of esters is 3. The molecule has 1 aromatic rings. The van der Waals surface area contributed by atoms with Gasteiger partial charge in [-0.05, 0) is 38.5 Å². The van der Waals surface area contributed by atoms with E-state index in [1.807, 2.05) is 37.3 Å². The van der Waals surface area contributed by atoms with Crippen molar-refractivity contribution >= 4 is 23.9 Å². The highest BCUT2D eigenvalue weighted by atomic mass is 16.6. The van der Waals surface area contributed by atoms with E-state index < -0.39 is 17.9 Å². The van der Waals surface area contributed by atoms with Gasteiger partial charge in [-0.1, -0.05) is 51.3 Å². The molecule has 1 rings (SSSR count). The Morgan fingerprint density at radius 1 is 0.944 bits per heavy atom. The van der Waals surface area contributed by atoms with Gasteiger partial charge in [0, 0.05) is 17.2 Å². The molecule has 9 nitrogen and oxygen atoms in total. The SMILES string of the molecule is C=C(C)C(=O)OC.C=C(C=C(C)C(=O)O)C(=O)OCCCC.C=CC(=O)OCCOc1ccccc1. The predicted octanol–water partition coefficient (Wildman–Crippen LogP) is 4.45. The molecule has 0 unspecified atom stereocenters. The summed E-state index contributed by atoms with van der Waals surface area (Å²) in [5, 5.41) is 8.57. The molecule has 0 atom stereocenters. The topological polar surface area (TPSA) is 125 Å². The molecule has 0 aliphatic carbocycles. The van der Waals surface area contributed by atoms with Crippen molar-refractivity contribution in [3.05, 3.63) is 78.9 Å². The van der Waals surface area contributed by atoms with Crippen LogP contribution in [0, 0.1) is 0 Å². The minimum absolute atomic E-state index is 0.0611. The number of para-hydroxylation sites is 1. The van der Waals surface area contributed by atoms with Crippen molar-refractivity contribution in [2.24, 2.45) is 0 Å². The molecule has 0 spiro atoms. The van der Waals surface area contributed by atoms with Crippen LogP contribution in [0.4, 0.5) is 0 Å². The van der Waals surface area contributed by atoms with Gasteiger partial charge in [0.25, 0.3) is 0 Å². The van der Waals surface area contributed by atoms with E-state index in [1.165, 1.54) is 20.1 Å². The molecule has 0 radical (unpaired) electrons. The van der Waals surface area contributed by atoms with Crippen LogP contribution < -0.4 is 4.74 Å². The van der Waals surface area contributed by atoms with E-state index in [0.29, 0.717) is 18.8 Å². The van der Waals surface area contributed by atoms with Crippen LogP contribution in [0.3, 0.4) is 0 Å². The molecular formula is C27H36O9. The van der Waals surface area contributed by atoms with Crippen LogP contribution in [0.1, 0.15) is 33.6 Å². The number of hydrogen-bond acceptors (Lipinski definition) is 8. The predicted molar refractivity (Wildman–Crippen MR) is 136 cm³/mol. The highest BCUT2D eigenvalue weighted by molar-refractivity contribution is 5.94. The fraction of sp³-hybridized carbons (Fsp3) is 0.333. The largest absolute Gasteiger partial charge is 0.490 e. The average molecular weight is 505 g/mol. The van der Waals surface area contributed by atoms with Crippen LogP contribution in [0.2, 0.25) is 0 Å². The van der Waals surface area contributed by atoms with E-state index in [0.717, 1.165) is 24.7 Å². The Hall–Kier alpha value is -4.14. The van der Waals surface area contributed by atoms with Gasteiger partial charge in [-0.2, -0.15) is 0 Å². The summed E-state index contributed by atoms with van der Waals surface area (Å²) in [6.45, 7) is 16.0. The molecule has 0 bridgehead atoms. The molecule has 0 aromatic heterocycles. The summed E-state index contributed by atoms with van der Waals surface area (Å²) in [5.41, 5.74) is 0.556. The van der Waals surface area contributed by atoms with Crippen molar-refractivity contribution in [1.82, 2.24) is 0 Å². The maximum absolute atomic E-state index is 11.2. The lowest BCUT2D eigenvalue weighted by Gasteiger charge is -2.05. The van der Waals surface area contributed by atoms with E-state index in [2.05, 4.69) is 24.5 Å². The van der Waals surface area contributed by atoms with Crippen molar-refractivity contribution < 1.29 is 43.2 Å². The molecule has 0 heterocycles. The van der Waals surface area contributed by atoms with Crippen molar-refractivity contribution in [2.45, 2.75) is 33.6 Å². The number of rotatable bonds is 12. The van der Waals surface area contributed by atoms with Gasteiger partial charge < -0.3 is 24.1 Å². The van der Waals surface area contributed by atoms with Gasteiger partial charge in [0.2, 0.25) is 0 Å². The first kappa shape index (κ1) is 34.0. The smallest absolute Gasteiger partial charge is 0.337 e. The van der Waals surface area contributed by atoms with Crippen LogP contribution in [0.5, 0.6) is 5.75 Å². The molecule has 198 valence electrons. The van der Waals surface area contributed by atoms with E-state index in [9.17, 15) is 19.2 Å². The van der Waals surface area contributed by atoms with Crippen LogP contribution in [-0.2, 0) is 33.4 Å². The van der Waals surface area contributed by atoms with Gasteiger partial charge in [-0.15, -0.1) is 0 Å². The molecule has 1 aromatic carbocycles. The Morgan fingerprint density at radius 3 is 2.00 bits per heavy atom. The minimum Gasteiger partial charge on any atom is -0.490 e. The lowest BCUT2D eigenvalue weighted by molar-refractivity contribution is -0.139. The number of benzene rings is 1. The number of methoxy groups -OCH3 is 1. The van der Waals surface area contributed by atoms with Crippen LogP contribution in [-0.4, -0.2) is 55.9 Å². The third-order valence-corrected chi connectivity index (χ3v) is 3.76. The van der Waals surface area contributed by atoms with E-state index >= 15 is 0 Å². The van der Waals surface area contributed by atoms with Gasteiger partial charge in [0.15, 0.2) is 0 Å². The first-order valence-corrected chi connectivity index (χ1v) is 11.0. The number of carbonyl (C=O) groups is 4. The van der Waals surface area contributed by atoms with Crippen LogP contribution >= 0.6 is 0 Å². The van der Waals surface area contributed by atoms with Crippen molar-refractivity contribution in [3.8, 4) is 5.75 Å². The summed E-state index contributed by atoms with van der Waals surface area (Å²) < 4.78 is 19.1. The summed E-state index contributed by atoms with van der Waals surface area (Å²) in [5.74, 6) is -1.65. The molecule has 0 aliphatic rings. The second kappa shape index (κ2) is 21.4. The third kappa shape index (κ3) is 19.3. The zero-order valence-electron chi connectivity index (χ0n) is 21.4. The highest BCUT2D eigenvalue weighted by Crippen LogP contribution is 2.07. The van der Waals surface area contributed by atoms with Gasteiger partial charge in [0.05, 0.1) is 19.3 Å². The zero-order chi connectivity index (χ0) is 27.9. The van der Waals surface area contributed by atoms with Gasteiger partial charge in [0.1, 0.15) is 19.0 Å². The fourth-order valence-corrected chi connectivity index (χ4v) is 1.84. The molecule has 0 aliphatic heterocycles. The van der Waals surface area contributed by atoms with Gasteiger partial charge >= 0.3 is 23.9 Å². The number of hydrogen-bond donors (Lipinski definition) is 1. The molecule has 0 saturated carbocycles. The molecule has 0 fully saturated rings. The van der Waals surface area contributed by atoms with Crippen molar-refractivity contribution in [2.75, 3.05) is 26.9 Å². The summed E-state index contributed by atoms with van der Waals surface area (Å²) in [6.07, 6.45) is 4.06. The maximum Gasteiger partial charge on any atom is 0.337 e. The Labute approximate surface area is 212 Å². The summed E-state index contributed by atoms with van der Waals surface area (Å²) in [4.78, 5) is 42.5. The number of aliphatic carboxylic acids is 1. The minimum atomic E-state index is -1.07. The molecule has 9 heteroatoms. The monoisotopic (exact) mass is 504 g/mol. The Kier molecular flexibility index (Phi) is 20.2. The van der Waals surface area contributed by atoms with Gasteiger partial charge in [-0.25, -0.2) is 19.2 Å². The number of carbonyl (C=O) groups excluding carboxylic acids is 3. The van der Waals surface area contributed by atoms with E-state index in [1.54, 1.807) is 6.92 Å². The number of ether oxygens (including phenoxy) is 4. The fourth-order valence-electron chi connectivity index (χ4n) is 1.84. The van der Waals surface area contributed by atoms with E-state index in [4.69, 9.17) is 19.3 Å². The Bertz CT molecular complexity index is 899. The average Bonchev–Trinajstić information content (AvgIpc) is 2.87. The Balaban J connectivity index is 0. The third-order valence-electron chi connectivity index (χ3n) is 3.76. The molecular weight excluding hydrogens is 468 g/mol. The Morgan fingerprint density at radius 2 is 1.56 bits per heavy atom. The van der Waals surface area contributed by atoms with Gasteiger partial charge in [-0.3, -0.25) is 0 Å². The highest BCUT2D eigenvalue weighted by Gasteiger charge is 2.08. The second-order valence-electron chi connectivity index (χ2n) is 6.95. The molecule has 36 heavy (non-hydrogen) atoms. The lowest BCUT2D eigenvalue weighted by atomic mass is 10.2. The lowest BCUT2D eigenvalue weighted by Crippen LogP contribution is -2.09. The van der Waals surface area contributed by atoms with Crippen molar-refractivity contribution in [3.63, 3.8) is 0 Å². The standard InChI is InChI=1S/C11H16O4.C11H12O3.C5H8O2/c1-4-5-6-15-11(14)9(3)7-8(2)10(12)13;1-2-11(12)14-9-8-13-10-6-4-3-5-7-10;1-4(2)5(6)7-3/h7H,3-6H2,1-2H3,(H,12,13);2-7H,1,8-9H2;1H2,2-3H3. The summed E-state index contributed by atoms with van der Waals surface area (Å²) in [7, 11) is 1.33. The number of carboxylic acid groups (broad SMARTS) is 1. The summed E-state index contributed by atoms with van der Waals surface area (Å²) in [6, 6.07) is 9.35. The maximum atomic E-state index is 11.2.